The molecular formula is C11H19NO2. The molecule has 0 aliphatic rings. The molecule has 1 aromatic rings. The van der Waals surface area contributed by atoms with E-state index in [0.717, 1.165) is 24.5 Å². The van der Waals surface area contributed by atoms with Crippen LogP contribution in [0.1, 0.15) is 37.3 Å². The van der Waals surface area contributed by atoms with E-state index in [2.05, 4.69) is 12.2 Å². The molecule has 0 spiro atoms. The van der Waals surface area contributed by atoms with Crippen LogP contribution in [-0.4, -0.2) is 18.3 Å². The van der Waals surface area contributed by atoms with Gasteiger partial charge in [-0.3, -0.25) is 0 Å². The molecule has 1 aromatic heterocycles. The van der Waals surface area contributed by atoms with E-state index in [1.165, 1.54) is 0 Å². The Morgan fingerprint density at radius 2 is 2.29 bits per heavy atom. The highest BCUT2D eigenvalue weighted by molar-refractivity contribution is 5.09. The average Bonchev–Trinajstić information content (AvgIpc) is 2.59. The van der Waals surface area contributed by atoms with Crippen molar-refractivity contribution in [3.8, 4) is 0 Å². The van der Waals surface area contributed by atoms with Crippen molar-refractivity contribution >= 4 is 0 Å². The van der Waals surface area contributed by atoms with Crippen LogP contribution in [0.5, 0.6) is 0 Å². The monoisotopic (exact) mass is 197 g/mol. The summed E-state index contributed by atoms with van der Waals surface area (Å²) >= 11 is 0. The second-order valence-corrected chi connectivity index (χ2v) is 3.47. The third-order valence-corrected chi connectivity index (χ3v) is 2.16. The van der Waals surface area contributed by atoms with Crippen LogP contribution >= 0.6 is 0 Å². The maximum atomic E-state index is 8.92. The lowest BCUT2D eigenvalue weighted by Crippen LogP contribution is -2.22. The van der Waals surface area contributed by atoms with Crippen molar-refractivity contribution in [1.29, 1.82) is 0 Å². The van der Waals surface area contributed by atoms with E-state index in [4.69, 9.17) is 9.52 Å². The number of hydrogen-bond acceptors (Lipinski definition) is 3. The topological polar surface area (TPSA) is 45.4 Å². The SMILES string of the molecule is CCCNC(CCO)c1ccc(C)o1. The summed E-state index contributed by atoms with van der Waals surface area (Å²) in [5.74, 6) is 1.84. The Balaban J connectivity index is 2.57. The third-order valence-electron chi connectivity index (χ3n) is 2.16. The molecule has 1 rings (SSSR count). The Morgan fingerprint density at radius 1 is 1.50 bits per heavy atom. The van der Waals surface area contributed by atoms with Gasteiger partial charge in [0, 0.05) is 6.61 Å². The molecule has 2 N–H and O–H groups in total. The van der Waals surface area contributed by atoms with E-state index >= 15 is 0 Å². The van der Waals surface area contributed by atoms with Crippen molar-refractivity contribution in [3.05, 3.63) is 23.7 Å². The van der Waals surface area contributed by atoms with Gasteiger partial charge in [-0.25, -0.2) is 0 Å². The zero-order valence-corrected chi connectivity index (χ0v) is 8.92. The Bertz CT molecular complexity index is 258. The number of aryl methyl sites for hydroxylation is 1. The Morgan fingerprint density at radius 3 is 2.79 bits per heavy atom. The van der Waals surface area contributed by atoms with Crippen molar-refractivity contribution in [1.82, 2.24) is 5.32 Å². The van der Waals surface area contributed by atoms with Crippen LogP contribution in [0.25, 0.3) is 0 Å². The molecule has 0 radical (unpaired) electrons. The molecular weight excluding hydrogens is 178 g/mol. The second kappa shape index (κ2) is 5.83. The summed E-state index contributed by atoms with van der Waals surface area (Å²) < 4.78 is 5.52. The molecule has 3 heteroatoms. The van der Waals surface area contributed by atoms with Crippen LogP contribution in [0.15, 0.2) is 16.5 Å². The number of rotatable bonds is 6. The number of aliphatic hydroxyl groups excluding tert-OH is 1. The number of hydrogen-bond donors (Lipinski definition) is 2. The number of nitrogens with one attached hydrogen (secondary N) is 1. The molecule has 0 aromatic carbocycles. The van der Waals surface area contributed by atoms with E-state index < -0.39 is 0 Å². The number of furan rings is 1. The molecule has 80 valence electrons. The van der Waals surface area contributed by atoms with Crippen LogP contribution in [0.3, 0.4) is 0 Å². The van der Waals surface area contributed by atoms with Gasteiger partial charge in [0.05, 0.1) is 6.04 Å². The first kappa shape index (κ1) is 11.3. The highest BCUT2D eigenvalue weighted by Crippen LogP contribution is 2.18. The molecule has 0 amide bonds. The summed E-state index contributed by atoms with van der Waals surface area (Å²) in [6.07, 6.45) is 1.79. The van der Waals surface area contributed by atoms with Gasteiger partial charge in [0.15, 0.2) is 0 Å². The van der Waals surface area contributed by atoms with E-state index in [-0.39, 0.29) is 12.6 Å². The average molecular weight is 197 g/mol. The molecule has 0 fully saturated rings. The minimum absolute atomic E-state index is 0.147. The van der Waals surface area contributed by atoms with Gasteiger partial charge >= 0.3 is 0 Å². The first-order chi connectivity index (χ1) is 6.77. The lowest BCUT2D eigenvalue weighted by atomic mass is 10.1. The highest BCUT2D eigenvalue weighted by Gasteiger charge is 2.12. The lowest BCUT2D eigenvalue weighted by Gasteiger charge is -2.14. The standard InChI is InChI=1S/C11H19NO2/c1-3-7-12-10(6-8-13)11-5-4-9(2)14-11/h4-5,10,12-13H,3,6-8H2,1-2H3. The quantitative estimate of drug-likeness (QED) is 0.733. The lowest BCUT2D eigenvalue weighted by molar-refractivity contribution is 0.253. The fraction of sp³-hybridized carbons (Fsp3) is 0.636. The Labute approximate surface area is 85.1 Å². The van der Waals surface area contributed by atoms with Crippen LogP contribution < -0.4 is 5.32 Å². The summed E-state index contributed by atoms with van der Waals surface area (Å²) in [6.45, 7) is 5.18. The molecule has 0 saturated carbocycles. The van der Waals surface area contributed by atoms with Gasteiger partial charge in [0.2, 0.25) is 0 Å². The highest BCUT2D eigenvalue weighted by atomic mass is 16.3. The number of aliphatic hydroxyl groups is 1. The smallest absolute Gasteiger partial charge is 0.121 e. The summed E-state index contributed by atoms with van der Waals surface area (Å²) in [5, 5.41) is 12.3. The van der Waals surface area contributed by atoms with Crippen LogP contribution in [0.4, 0.5) is 0 Å². The summed E-state index contributed by atoms with van der Waals surface area (Å²) in [4.78, 5) is 0. The van der Waals surface area contributed by atoms with Crippen molar-refractivity contribution in [2.75, 3.05) is 13.2 Å². The van der Waals surface area contributed by atoms with Gasteiger partial charge in [-0.05, 0) is 38.4 Å². The molecule has 0 saturated heterocycles. The minimum atomic E-state index is 0.147. The third kappa shape index (κ3) is 3.16. The largest absolute Gasteiger partial charge is 0.465 e. The zero-order valence-electron chi connectivity index (χ0n) is 8.92. The van der Waals surface area contributed by atoms with Gasteiger partial charge in [-0.15, -0.1) is 0 Å². The van der Waals surface area contributed by atoms with Crippen molar-refractivity contribution in [2.45, 2.75) is 32.7 Å². The van der Waals surface area contributed by atoms with Gasteiger partial charge < -0.3 is 14.8 Å². The van der Waals surface area contributed by atoms with Crippen LogP contribution in [-0.2, 0) is 0 Å². The molecule has 0 aliphatic heterocycles. The predicted molar refractivity (Wildman–Crippen MR) is 56.2 cm³/mol. The Kier molecular flexibility index (Phi) is 4.70. The Hall–Kier alpha value is -0.800. The second-order valence-electron chi connectivity index (χ2n) is 3.47. The van der Waals surface area contributed by atoms with E-state index in [1.807, 2.05) is 19.1 Å². The molecule has 1 heterocycles. The first-order valence-corrected chi connectivity index (χ1v) is 5.18. The molecule has 0 aliphatic carbocycles. The molecule has 3 nitrogen and oxygen atoms in total. The normalized spacial score (nSPS) is 13.1. The fourth-order valence-electron chi connectivity index (χ4n) is 1.43. The van der Waals surface area contributed by atoms with Crippen molar-refractivity contribution in [2.24, 2.45) is 0 Å². The predicted octanol–water partition coefficient (Wildman–Crippen LogP) is 2.01. The van der Waals surface area contributed by atoms with E-state index in [9.17, 15) is 0 Å². The summed E-state index contributed by atoms with van der Waals surface area (Å²) in [5.41, 5.74) is 0. The maximum Gasteiger partial charge on any atom is 0.121 e. The van der Waals surface area contributed by atoms with Gasteiger partial charge in [0.1, 0.15) is 11.5 Å². The zero-order chi connectivity index (χ0) is 10.4. The van der Waals surface area contributed by atoms with E-state index in [1.54, 1.807) is 0 Å². The minimum Gasteiger partial charge on any atom is -0.465 e. The van der Waals surface area contributed by atoms with E-state index in [0.29, 0.717) is 6.42 Å². The van der Waals surface area contributed by atoms with Gasteiger partial charge in [-0.2, -0.15) is 0 Å². The molecule has 0 bridgehead atoms. The van der Waals surface area contributed by atoms with Crippen molar-refractivity contribution in [3.63, 3.8) is 0 Å². The fourth-order valence-corrected chi connectivity index (χ4v) is 1.43. The molecule has 1 atom stereocenters. The summed E-state index contributed by atoms with van der Waals surface area (Å²) in [6, 6.07) is 4.07. The molecule has 1 unspecified atom stereocenters. The van der Waals surface area contributed by atoms with Crippen LogP contribution in [0, 0.1) is 6.92 Å². The first-order valence-electron chi connectivity index (χ1n) is 5.18. The summed E-state index contributed by atoms with van der Waals surface area (Å²) in [7, 11) is 0. The van der Waals surface area contributed by atoms with Gasteiger partial charge in [0.25, 0.3) is 0 Å². The van der Waals surface area contributed by atoms with Crippen molar-refractivity contribution < 1.29 is 9.52 Å². The van der Waals surface area contributed by atoms with Gasteiger partial charge in [-0.1, -0.05) is 6.92 Å². The molecule has 14 heavy (non-hydrogen) atoms. The van der Waals surface area contributed by atoms with Crippen LogP contribution in [0.2, 0.25) is 0 Å². The maximum absolute atomic E-state index is 8.92.